The molecular weight excluding hydrogens is 248 g/mol. The first kappa shape index (κ1) is 14.7. The Morgan fingerprint density at radius 2 is 1.89 bits per heavy atom. The molecule has 0 aromatic heterocycles. The third-order valence-corrected chi connectivity index (χ3v) is 5.13. The molecule has 0 amide bonds. The average molecular weight is 268 g/mol. The maximum absolute atomic E-state index is 12.4. The molecule has 100 valence electrons. The Kier molecular flexibility index (Phi) is 4.19. The van der Waals surface area contributed by atoms with Crippen molar-refractivity contribution in [2.75, 3.05) is 19.3 Å². The number of hydrogen-bond acceptors (Lipinski definition) is 3. The highest BCUT2D eigenvalue weighted by Gasteiger charge is 2.25. The third-order valence-electron chi connectivity index (χ3n) is 3.02. The van der Waals surface area contributed by atoms with Gasteiger partial charge in [-0.25, -0.2) is 8.42 Å². The molecule has 0 aliphatic rings. The third kappa shape index (κ3) is 2.42. The number of aryl methyl sites for hydroxylation is 2. The zero-order valence-electron chi connectivity index (χ0n) is 11.3. The molecule has 4 nitrogen and oxygen atoms in total. The van der Waals surface area contributed by atoms with E-state index in [0.29, 0.717) is 16.1 Å². The molecule has 0 aliphatic heterocycles. The molecule has 1 rings (SSSR count). The maximum Gasteiger partial charge on any atom is 0.243 e. The van der Waals surface area contributed by atoms with E-state index in [1.165, 1.54) is 11.4 Å². The zero-order chi connectivity index (χ0) is 14.1. The van der Waals surface area contributed by atoms with Gasteiger partial charge in [-0.15, -0.1) is 6.58 Å². The quantitative estimate of drug-likeness (QED) is 0.671. The molecule has 18 heavy (non-hydrogen) atoms. The lowest BCUT2D eigenvalue weighted by atomic mass is 10.1. The summed E-state index contributed by atoms with van der Waals surface area (Å²) in [5.41, 5.74) is 8.68. The Hall–Kier alpha value is -1.33. The van der Waals surface area contributed by atoms with Gasteiger partial charge in [0, 0.05) is 19.3 Å². The summed E-state index contributed by atoms with van der Waals surface area (Å²) in [7, 11) is -1.99. The van der Waals surface area contributed by atoms with Crippen LogP contribution >= 0.6 is 0 Å². The van der Waals surface area contributed by atoms with Gasteiger partial charge in [-0.2, -0.15) is 4.31 Å². The molecular formula is C13H20N2O2S. The van der Waals surface area contributed by atoms with Gasteiger partial charge in [-0.3, -0.25) is 0 Å². The maximum atomic E-state index is 12.4. The molecule has 0 aliphatic carbocycles. The highest BCUT2D eigenvalue weighted by Crippen LogP contribution is 2.29. The standard InChI is InChI=1S/C13H20N2O2S/c1-6-7-15(5)18(16,17)13-10(3)8-9(2)12(14)11(13)4/h6,8H,1,7,14H2,2-5H3. The molecule has 0 bridgehead atoms. The first-order valence-electron chi connectivity index (χ1n) is 5.67. The summed E-state index contributed by atoms with van der Waals surface area (Å²) >= 11 is 0. The van der Waals surface area contributed by atoms with Crippen LogP contribution in [0.5, 0.6) is 0 Å². The molecule has 2 N–H and O–H groups in total. The minimum absolute atomic E-state index is 0.273. The fraction of sp³-hybridized carbons (Fsp3) is 0.385. The van der Waals surface area contributed by atoms with Crippen LogP contribution in [0.1, 0.15) is 16.7 Å². The van der Waals surface area contributed by atoms with Crippen LogP contribution < -0.4 is 5.73 Å². The van der Waals surface area contributed by atoms with E-state index in [9.17, 15) is 8.42 Å². The molecule has 1 aromatic rings. The molecule has 0 atom stereocenters. The first-order valence-corrected chi connectivity index (χ1v) is 7.11. The van der Waals surface area contributed by atoms with Crippen molar-refractivity contribution in [3.63, 3.8) is 0 Å². The smallest absolute Gasteiger partial charge is 0.243 e. The lowest BCUT2D eigenvalue weighted by Gasteiger charge is -2.20. The number of hydrogen-bond donors (Lipinski definition) is 1. The second-order valence-corrected chi connectivity index (χ2v) is 6.43. The van der Waals surface area contributed by atoms with Crippen LogP contribution in [-0.2, 0) is 10.0 Å². The largest absolute Gasteiger partial charge is 0.398 e. The van der Waals surface area contributed by atoms with Gasteiger partial charge in [0.15, 0.2) is 0 Å². The van der Waals surface area contributed by atoms with Gasteiger partial charge in [-0.1, -0.05) is 12.1 Å². The second kappa shape index (κ2) is 5.12. The molecule has 0 saturated carbocycles. The molecule has 1 aromatic carbocycles. The monoisotopic (exact) mass is 268 g/mol. The van der Waals surface area contributed by atoms with Crippen molar-refractivity contribution in [3.05, 3.63) is 35.4 Å². The Labute approximate surface area is 109 Å². The van der Waals surface area contributed by atoms with Crippen molar-refractivity contribution in [1.82, 2.24) is 4.31 Å². The molecule has 0 spiro atoms. The number of benzene rings is 1. The molecule has 0 saturated heterocycles. The van der Waals surface area contributed by atoms with Gasteiger partial charge >= 0.3 is 0 Å². The van der Waals surface area contributed by atoms with Crippen LogP contribution in [0.2, 0.25) is 0 Å². The van der Waals surface area contributed by atoms with Crippen molar-refractivity contribution in [1.29, 1.82) is 0 Å². The van der Waals surface area contributed by atoms with Crippen LogP contribution in [0.3, 0.4) is 0 Å². The molecule has 0 radical (unpaired) electrons. The van der Waals surface area contributed by atoms with Crippen molar-refractivity contribution in [3.8, 4) is 0 Å². The van der Waals surface area contributed by atoms with Crippen LogP contribution in [0, 0.1) is 20.8 Å². The van der Waals surface area contributed by atoms with E-state index in [1.54, 1.807) is 26.0 Å². The van der Waals surface area contributed by atoms with Gasteiger partial charge < -0.3 is 5.73 Å². The fourth-order valence-corrected chi connectivity index (χ4v) is 3.59. The lowest BCUT2D eigenvalue weighted by Crippen LogP contribution is -2.28. The van der Waals surface area contributed by atoms with Gasteiger partial charge in [-0.05, 0) is 37.5 Å². The zero-order valence-corrected chi connectivity index (χ0v) is 12.1. The summed E-state index contributed by atoms with van der Waals surface area (Å²) in [6.45, 7) is 9.23. The molecule has 0 heterocycles. The van der Waals surface area contributed by atoms with Crippen LogP contribution in [0.15, 0.2) is 23.6 Å². The SMILES string of the molecule is C=CCN(C)S(=O)(=O)c1c(C)cc(C)c(N)c1C. The molecule has 0 fully saturated rings. The van der Waals surface area contributed by atoms with Gasteiger partial charge in [0.25, 0.3) is 0 Å². The number of likely N-dealkylation sites (N-methyl/N-ethyl adjacent to an activating group) is 1. The van der Waals surface area contributed by atoms with E-state index in [2.05, 4.69) is 6.58 Å². The summed E-state index contributed by atoms with van der Waals surface area (Å²) in [6, 6.07) is 1.80. The number of anilines is 1. The number of nitrogen functional groups attached to an aromatic ring is 1. The predicted molar refractivity (Wildman–Crippen MR) is 75.1 cm³/mol. The normalized spacial score (nSPS) is 11.8. The fourth-order valence-electron chi connectivity index (χ4n) is 2.01. The van der Waals surface area contributed by atoms with E-state index in [1.807, 2.05) is 6.92 Å². The molecule has 0 unspecified atom stereocenters. The summed E-state index contributed by atoms with van der Waals surface area (Å²) in [4.78, 5) is 0.301. The van der Waals surface area contributed by atoms with E-state index >= 15 is 0 Å². The highest BCUT2D eigenvalue weighted by atomic mass is 32.2. The Morgan fingerprint density at radius 3 is 2.39 bits per heavy atom. The summed E-state index contributed by atoms with van der Waals surface area (Å²) in [5.74, 6) is 0. The second-order valence-electron chi connectivity index (χ2n) is 4.45. The van der Waals surface area contributed by atoms with Crippen molar-refractivity contribution < 1.29 is 8.42 Å². The number of nitrogens with zero attached hydrogens (tertiary/aromatic N) is 1. The number of nitrogens with two attached hydrogens (primary N) is 1. The number of rotatable bonds is 4. The van der Waals surface area contributed by atoms with E-state index in [-0.39, 0.29) is 6.54 Å². The Balaban J connectivity index is 3.51. The average Bonchev–Trinajstić information content (AvgIpc) is 2.26. The van der Waals surface area contributed by atoms with Crippen molar-refractivity contribution in [2.45, 2.75) is 25.7 Å². The molecule has 5 heteroatoms. The van der Waals surface area contributed by atoms with Gasteiger partial charge in [0.05, 0.1) is 4.90 Å². The van der Waals surface area contributed by atoms with Crippen LogP contribution in [-0.4, -0.2) is 26.3 Å². The Bertz CT molecular complexity index is 577. The van der Waals surface area contributed by atoms with Crippen LogP contribution in [0.4, 0.5) is 5.69 Å². The van der Waals surface area contributed by atoms with E-state index < -0.39 is 10.0 Å². The number of sulfonamides is 1. The summed E-state index contributed by atoms with van der Waals surface area (Å²) in [5, 5.41) is 0. The predicted octanol–water partition coefficient (Wildman–Crippen LogP) is 2.00. The highest BCUT2D eigenvalue weighted by molar-refractivity contribution is 7.89. The topological polar surface area (TPSA) is 63.4 Å². The van der Waals surface area contributed by atoms with E-state index in [4.69, 9.17) is 5.73 Å². The van der Waals surface area contributed by atoms with E-state index in [0.717, 1.165) is 11.1 Å². The van der Waals surface area contributed by atoms with Crippen LogP contribution in [0.25, 0.3) is 0 Å². The summed E-state index contributed by atoms with van der Waals surface area (Å²) in [6.07, 6.45) is 1.56. The minimum atomic E-state index is -3.52. The van der Waals surface area contributed by atoms with Gasteiger partial charge in [0.1, 0.15) is 0 Å². The van der Waals surface area contributed by atoms with Gasteiger partial charge in [0.2, 0.25) is 10.0 Å². The lowest BCUT2D eigenvalue weighted by molar-refractivity contribution is 0.498. The Morgan fingerprint density at radius 1 is 1.33 bits per heavy atom. The van der Waals surface area contributed by atoms with Crippen molar-refractivity contribution >= 4 is 15.7 Å². The first-order chi connectivity index (χ1) is 8.23. The summed E-state index contributed by atoms with van der Waals surface area (Å²) < 4.78 is 26.2. The van der Waals surface area contributed by atoms with Crippen molar-refractivity contribution in [2.24, 2.45) is 0 Å². The minimum Gasteiger partial charge on any atom is -0.398 e.